The van der Waals surface area contributed by atoms with Gasteiger partial charge in [-0.3, -0.25) is 9.59 Å². The Hall–Kier alpha value is -1.43. The highest BCUT2D eigenvalue weighted by Crippen LogP contribution is 2.17. The first-order valence-corrected chi connectivity index (χ1v) is 8.44. The van der Waals surface area contributed by atoms with Crippen LogP contribution in [0.25, 0.3) is 0 Å². The predicted octanol–water partition coefficient (Wildman–Crippen LogP) is 1.76. The second-order valence-electron chi connectivity index (χ2n) is 5.45. The number of hydrogen-bond donors (Lipinski definition) is 1. The molecule has 1 N–H and O–H groups in total. The van der Waals surface area contributed by atoms with Gasteiger partial charge in [0.15, 0.2) is 0 Å². The second kappa shape index (κ2) is 7.54. The fourth-order valence-corrected chi connectivity index (χ4v) is 3.37. The Labute approximate surface area is 129 Å². The average molecular weight is 309 g/mol. The fourth-order valence-electron chi connectivity index (χ4n) is 2.55. The van der Waals surface area contributed by atoms with Crippen LogP contribution in [0.4, 0.5) is 0 Å². The molecule has 0 aliphatic carbocycles. The van der Waals surface area contributed by atoms with E-state index in [2.05, 4.69) is 10.3 Å². The lowest BCUT2D eigenvalue weighted by molar-refractivity contribution is -0.138. The Morgan fingerprint density at radius 3 is 3.05 bits per heavy atom. The second-order valence-corrected chi connectivity index (χ2v) is 6.39. The number of aromatic nitrogens is 1. The Kier molecular flexibility index (Phi) is 5.73. The number of thiazole rings is 1. The highest BCUT2D eigenvalue weighted by Gasteiger charge is 2.28. The van der Waals surface area contributed by atoms with Crippen LogP contribution < -0.4 is 5.32 Å². The van der Waals surface area contributed by atoms with E-state index in [0.717, 1.165) is 23.5 Å². The third-order valence-corrected chi connectivity index (χ3v) is 4.81. The van der Waals surface area contributed by atoms with E-state index >= 15 is 0 Å². The van der Waals surface area contributed by atoms with Crippen LogP contribution in [0.2, 0.25) is 0 Å². The molecule has 116 valence electrons. The molecule has 0 unspecified atom stereocenters. The summed E-state index contributed by atoms with van der Waals surface area (Å²) >= 11 is 1.67. The summed E-state index contributed by atoms with van der Waals surface area (Å²) in [6.45, 7) is 5.87. The molecule has 1 saturated heterocycles. The van der Waals surface area contributed by atoms with Crippen molar-refractivity contribution in [1.82, 2.24) is 15.2 Å². The van der Waals surface area contributed by atoms with Crippen molar-refractivity contribution < 1.29 is 9.59 Å². The number of carbonyl (C=O) groups is 2. The Morgan fingerprint density at radius 1 is 1.57 bits per heavy atom. The zero-order chi connectivity index (χ0) is 15.2. The van der Waals surface area contributed by atoms with Crippen LogP contribution in [0.5, 0.6) is 0 Å². The lowest BCUT2D eigenvalue weighted by Gasteiger charge is -2.31. The van der Waals surface area contributed by atoms with E-state index in [1.807, 2.05) is 19.2 Å². The largest absolute Gasteiger partial charge is 0.356 e. The van der Waals surface area contributed by atoms with Crippen molar-refractivity contribution in [1.29, 1.82) is 0 Å². The van der Waals surface area contributed by atoms with Gasteiger partial charge in [-0.15, -0.1) is 11.3 Å². The minimum absolute atomic E-state index is 0.0512. The number of hydrogen-bond acceptors (Lipinski definition) is 4. The molecule has 0 radical (unpaired) electrons. The first-order valence-electron chi connectivity index (χ1n) is 7.56. The zero-order valence-corrected chi connectivity index (χ0v) is 13.5. The summed E-state index contributed by atoms with van der Waals surface area (Å²) in [6.07, 6.45) is 2.97. The molecule has 6 heteroatoms. The van der Waals surface area contributed by atoms with E-state index in [0.29, 0.717) is 32.5 Å². The van der Waals surface area contributed by atoms with Crippen molar-refractivity contribution in [3.8, 4) is 0 Å². The summed E-state index contributed by atoms with van der Waals surface area (Å²) < 4.78 is 0. The molecule has 0 aromatic carbocycles. The van der Waals surface area contributed by atoms with Gasteiger partial charge in [0.05, 0.1) is 10.9 Å². The molecule has 5 nitrogen and oxygen atoms in total. The molecule has 2 amide bonds. The van der Waals surface area contributed by atoms with Gasteiger partial charge in [0.25, 0.3) is 0 Å². The summed E-state index contributed by atoms with van der Waals surface area (Å²) in [5.41, 5.74) is 1.06. The number of nitrogens with zero attached hydrogens (tertiary/aromatic N) is 2. The average Bonchev–Trinajstić information content (AvgIpc) is 2.89. The molecule has 0 spiro atoms. The minimum atomic E-state index is -0.0512. The molecule has 1 aliphatic rings. The number of piperidine rings is 1. The van der Waals surface area contributed by atoms with Crippen LogP contribution in [-0.4, -0.2) is 41.3 Å². The van der Waals surface area contributed by atoms with Crippen molar-refractivity contribution in [3.05, 3.63) is 16.1 Å². The van der Waals surface area contributed by atoms with E-state index in [1.54, 1.807) is 16.2 Å². The number of aryl methyl sites for hydroxylation is 2. The maximum atomic E-state index is 12.1. The molecule has 21 heavy (non-hydrogen) atoms. The maximum absolute atomic E-state index is 12.1. The first kappa shape index (κ1) is 15.9. The third-order valence-electron chi connectivity index (χ3n) is 3.79. The van der Waals surface area contributed by atoms with Crippen LogP contribution in [-0.2, 0) is 16.0 Å². The van der Waals surface area contributed by atoms with Crippen molar-refractivity contribution in [2.45, 2.75) is 39.5 Å². The standard InChI is InChI=1S/C15H23N3O2S/c1-3-18-9-12(6-7-14(18)19)15(20)16-8-4-5-13-17-11(2)10-21-13/h10,12H,3-9H2,1-2H3,(H,16,20)/t12-/m0/s1. The number of rotatable bonds is 6. The molecule has 2 rings (SSSR count). The molecule has 1 aromatic heterocycles. The van der Waals surface area contributed by atoms with Gasteiger partial charge in [-0.1, -0.05) is 0 Å². The number of amides is 2. The van der Waals surface area contributed by atoms with Gasteiger partial charge >= 0.3 is 0 Å². The topological polar surface area (TPSA) is 62.3 Å². The number of carbonyl (C=O) groups excluding carboxylic acids is 2. The number of likely N-dealkylation sites (tertiary alicyclic amines) is 1. The van der Waals surface area contributed by atoms with E-state index < -0.39 is 0 Å². The van der Waals surface area contributed by atoms with E-state index in [9.17, 15) is 9.59 Å². The fraction of sp³-hybridized carbons (Fsp3) is 0.667. The van der Waals surface area contributed by atoms with Crippen LogP contribution in [0.1, 0.15) is 36.9 Å². The van der Waals surface area contributed by atoms with Crippen LogP contribution in [0.3, 0.4) is 0 Å². The van der Waals surface area contributed by atoms with Crippen molar-refractivity contribution >= 4 is 23.2 Å². The summed E-state index contributed by atoms with van der Waals surface area (Å²) in [4.78, 5) is 29.9. The van der Waals surface area contributed by atoms with E-state index in [1.165, 1.54) is 0 Å². The molecular weight excluding hydrogens is 286 g/mol. The SMILES string of the molecule is CCN1C[C@@H](C(=O)NCCCc2nc(C)cs2)CCC1=O. The number of nitrogens with one attached hydrogen (secondary N) is 1. The maximum Gasteiger partial charge on any atom is 0.224 e. The monoisotopic (exact) mass is 309 g/mol. The minimum Gasteiger partial charge on any atom is -0.356 e. The Bertz CT molecular complexity index is 501. The van der Waals surface area contributed by atoms with Gasteiger partial charge in [-0.05, 0) is 26.7 Å². The molecule has 2 heterocycles. The first-order chi connectivity index (χ1) is 10.1. The van der Waals surface area contributed by atoms with Gasteiger partial charge in [0.2, 0.25) is 11.8 Å². The molecule has 0 saturated carbocycles. The molecule has 1 atom stereocenters. The third kappa shape index (κ3) is 4.52. The molecule has 1 aliphatic heterocycles. The normalized spacial score (nSPS) is 18.9. The van der Waals surface area contributed by atoms with Crippen molar-refractivity contribution in [2.24, 2.45) is 5.92 Å². The van der Waals surface area contributed by atoms with E-state index in [4.69, 9.17) is 0 Å². The predicted molar refractivity (Wildman–Crippen MR) is 83.2 cm³/mol. The smallest absolute Gasteiger partial charge is 0.224 e. The zero-order valence-electron chi connectivity index (χ0n) is 12.7. The molecule has 1 aromatic rings. The van der Waals surface area contributed by atoms with Gasteiger partial charge in [-0.2, -0.15) is 0 Å². The summed E-state index contributed by atoms with van der Waals surface area (Å²) in [6, 6.07) is 0. The Balaban J connectivity index is 1.68. The van der Waals surface area contributed by atoms with Gasteiger partial charge < -0.3 is 10.2 Å². The van der Waals surface area contributed by atoms with Crippen molar-refractivity contribution in [2.75, 3.05) is 19.6 Å². The van der Waals surface area contributed by atoms with Crippen LogP contribution >= 0.6 is 11.3 Å². The quantitative estimate of drug-likeness (QED) is 0.815. The van der Waals surface area contributed by atoms with E-state index in [-0.39, 0.29) is 17.7 Å². The summed E-state index contributed by atoms with van der Waals surface area (Å²) in [5, 5.41) is 6.16. The van der Waals surface area contributed by atoms with Crippen LogP contribution in [0, 0.1) is 12.8 Å². The molecule has 0 bridgehead atoms. The Morgan fingerprint density at radius 2 is 2.38 bits per heavy atom. The highest BCUT2D eigenvalue weighted by molar-refractivity contribution is 7.09. The lowest BCUT2D eigenvalue weighted by Crippen LogP contribution is -2.45. The molecule has 1 fully saturated rings. The summed E-state index contributed by atoms with van der Waals surface area (Å²) in [5.74, 6) is 0.196. The van der Waals surface area contributed by atoms with Crippen molar-refractivity contribution in [3.63, 3.8) is 0 Å². The lowest BCUT2D eigenvalue weighted by atomic mass is 9.96. The van der Waals surface area contributed by atoms with Gasteiger partial charge in [0.1, 0.15) is 0 Å². The highest BCUT2D eigenvalue weighted by atomic mass is 32.1. The summed E-state index contributed by atoms with van der Waals surface area (Å²) in [7, 11) is 0. The van der Waals surface area contributed by atoms with Crippen LogP contribution in [0.15, 0.2) is 5.38 Å². The molecular formula is C15H23N3O2S. The van der Waals surface area contributed by atoms with Gasteiger partial charge in [-0.25, -0.2) is 4.98 Å². The van der Waals surface area contributed by atoms with Gasteiger partial charge in [0, 0.05) is 43.5 Å².